The van der Waals surface area contributed by atoms with E-state index in [1.165, 1.54) is 35.4 Å². The second-order valence-electron chi connectivity index (χ2n) is 9.96. The number of sulfonamides is 1. The number of pyridine rings is 1. The molecular formula is C28H23ClF4N4O4S2. The number of benzene rings is 2. The first kappa shape index (κ1) is 30.6. The van der Waals surface area contributed by atoms with Crippen LogP contribution < -0.4 is 19.7 Å². The van der Waals surface area contributed by atoms with Crippen LogP contribution in [-0.2, 0) is 16.6 Å². The molecule has 226 valence electrons. The number of ether oxygens (including phenoxy) is 1. The summed E-state index contributed by atoms with van der Waals surface area (Å²) in [5, 5.41) is 2.88. The van der Waals surface area contributed by atoms with Gasteiger partial charge < -0.3 is 15.0 Å². The van der Waals surface area contributed by atoms with E-state index in [2.05, 4.69) is 15.0 Å². The van der Waals surface area contributed by atoms with Gasteiger partial charge >= 0.3 is 0 Å². The summed E-state index contributed by atoms with van der Waals surface area (Å²) in [4.78, 5) is 20.0. The first-order valence-corrected chi connectivity index (χ1v) is 15.6. The lowest BCUT2D eigenvalue weighted by Crippen LogP contribution is -2.56. The van der Waals surface area contributed by atoms with Crippen molar-refractivity contribution in [2.24, 2.45) is 0 Å². The van der Waals surface area contributed by atoms with E-state index in [-0.39, 0.29) is 39.2 Å². The van der Waals surface area contributed by atoms with Crippen molar-refractivity contribution >= 4 is 55.9 Å². The molecule has 2 aromatic carbocycles. The second kappa shape index (κ2) is 11.7. The van der Waals surface area contributed by atoms with Gasteiger partial charge in [-0.15, -0.1) is 11.3 Å². The Kier molecular flexibility index (Phi) is 8.29. The molecule has 0 aliphatic carbocycles. The lowest BCUT2D eigenvalue weighted by Gasteiger charge is -2.40. The lowest BCUT2D eigenvalue weighted by atomic mass is 10.1. The number of amides is 1. The van der Waals surface area contributed by atoms with Crippen LogP contribution in [0.2, 0.25) is 5.02 Å². The van der Waals surface area contributed by atoms with Gasteiger partial charge in [0.05, 0.1) is 41.8 Å². The van der Waals surface area contributed by atoms with Crippen molar-refractivity contribution in [2.45, 2.75) is 19.5 Å². The molecule has 1 amide bonds. The van der Waals surface area contributed by atoms with Gasteiger partial charge in [0, 0.05) is 33.3 Å². The molecule has 0 unspecified atom stereocenters. The molecule has 15 heteroatoms. The minimum Gasteiger partial charge on any atom is -0.487 e. The number of anilines is 3. The van der Waals surface area contributed by atoms with Crippen molar-refractivity contribution in [3.8, 4) is 17.0 Å². The number of nitrogens with zero attached hydrogens (tertiary/aromatic N) is 2. The zero-order valence-corrected chi connectivity index (χ0v) is 24.9. The van der Waals surface area contributed by atoms with Crippen molar-refractivity contribution < 1.29 is 35.5 Å². The number of aromatic nitrogens is 1. The number of halogens is 5. The van der Waals surface area contributed by atoms with Crippen LogP contribution in [0.4, 0.5) is 34.6 Å². The molecule has 5 rings (SSSR count). The standard InChI is InChI=1S/C28H23ClF4N4O4S2/c1-15-23(10-25(42-15)27(38)35-20-5-17(29)6-21(8-20)36-43(2,39)40)26-24(41-12-16-3-18(30)7-19(31)4-16)9-22(11-34-26)37-13-28(32,33)14-37/h3-11,36H,12-14H2,1-2H3,(H,35,38). The van der Waals surface area contributed by atoms with Crippen LogP contribution in [0.3, 0.4) is 0 Å². The molecule has 2 N–H and O–H groups in total. The van der Waals surface area contributed by atoms with Gasteiger partial charge in [0.2, 0.25) is 10.0 Å². The molecule has 43 heavy (non-hydrogen) atoms. The zero-order chi connectivity index (χ0) is 31.1. The quantitative estimate of drug-likeness (QED) is 0.195. The van der Waals surface area contributed by atoms with E-state index in [9.17, 15) is 30.8 Å². The molecule has 0 radical (unpaired) electrons. The highest BCUT2D eigenvalue weighted by Crippen LogP contribution is 2.40. The fourth-order valence-electron chi connectivity index (χ4n) is 4.43. The van der Waals surface area contributed by atoms with Gasteiger partial charge in [-0.05, 0) is 48.9 Å². The smallest absolute Gasteiger partial charge is 0.282 e. The van der Waals surface area contributed by atoms with Crippen LogP contribution in [-0.4, -0.2) is 44.6 Å². The van der Waals surface area contributed by atoms with E-state index in [0.29, 0.717) is 21.8 Å². The Bertz CT molecular complexity index is 1810. The second-order valence-corrected chi connectivity index (χ2v) is 13.4. The number of thiophene rings is 1. The third kappa shape index (κ3) is 7.56. The lowest BCUT2D eigenvalue weighted by molar-refractivity contribution is -0.0263. The largest absolute Gasteiger partial charge is 0.487 e. The number of nitrogens with one attached hydrogen (secondary N) is 2. The maximum atomic E-state index is 13.7. The Hall–Kier alpha value is -3.88. The Morgan fingerprint density at radius 2 is 1.74 bits per heavy atom. The van der Waals surface area contributed by atoms with Crippen LogP contribution in [0.15, 0.2) is 54.7 Å². The molecule has 1 saturated heterocycles. The molecule has 1 aliphatic rings. The van der Waals surface area contributed by atoms with Gasteiger partial charge in [-0.3, -0.25) is 14.5 Å². The summed E-state index contributed by atoms with van der Waals surface area (Å²) in [6.07, 6.45) is 2.40. The van der Waals surface area contributed by atoms with Crippen molar-refractivity contribution in [2.75, 3.05) is 34.3 Å². The van der Waals surface area contributed by atoms with Crippen LogP contribution in [0.25, 0.3) is 11.3 Å². The number of hydrogen-bond donors (Lipinski definition) is 2. The topological polar surface area (TPSA) is 101 Å². The monoisotopic (exact) mass is 654 g/mol. The maximum Gasteiger partial charge on any atom is 0.282 e. The Morgan fingerprint density at radius 3 is 2.40 bits per heavy atom. The number of carbonyl (C=O) groups excluding carboxylic acids is 1. The van der Waals surface area contributed by atoms with E-state index >= 15 is 0 Å². The fourth-order valence-corrected chi connectivity index (χ4v) is 6.12. The van der Waals surface area contributed by atoms with Crippen molar-refractivity contribution in [3.63, 3.8) is 0 Å². The van der Waals surface area contributed by atoms with Gasteiger partial charge in [0.15, 0.2) is 0 Å². The Balaban J connectivity index is 1.43. The van der Waals surface area contributed by atoms with E-state index in [1.807, 2.05) is 0 Å². The van der Waals surface area contributed by atoms with Gasteiger partial charge in [-0.1, -0.05) is 11.6 Å². The average Bonchev–Trinajstić information content (AvgIpc) is 3.25. The molecular weight excluding hydrogens is 632 g/mol. The molecule has 3 heterocycles. The van der Waals surface area contributed by atoms with Crippen LogP contribution in [0, 0.1) is 18.6 Å². The predicted octanol–water partition coefficient (Wildman–Crippen LogP) is 6.71. The van der Waals surface area contributed by atoms with E-state index < -0.39 is 46.6 Å². The summed E-state index contributed by atoms with van der Waals surface area (Å²) in [5.41, 5.74) is 1.80. The molecule has 4 aromatic rings. The van der Waals surface area contributed by atoms with E-state index in [0.717, 1.165) is 35.8 Å². The first-order valence-electron chi connectivity index (χ1n) is 12.6. The highest BCUT2D eigenvalue weighted by atomic mass is 35.5. The highest BCUT2D eigenvalue weighted by molar-refractivity contribution is 7.92. The summed E-state index contributed by atoms with van der Waals surface area (Å²) >= 11 is 7.25. The van der Waals surface area contributed by atoms with E-state index in [1.54, 1.807) is 13.0 Å². The molecule has 1 fully saturated rings. The maximum absolute atomic E-state index is 13.7. The van der Waals surface area contributed by atoms with Gasteiger partial charge in [0.1, 0.15) is 29.7 Å². The number of hydrogen-bond acceptors (Lipinski definition) is 7. The summed E-state index contributed by atoms with van der Waals surface area (Å²) in [6, 6.07) is 10.3. The zero-order valence-electron chi connectivity index (χ0n) is 22.6. The molecule has 8 nitrogen and oxygen atoms in total. The highest BCUT2D eigenvalue weighted by Gasteiger charge is 2.44. The molecule has 0 atom stereocenters. The molecule has 0 spiro atoms. The van der Waals surface area contributed by atoms with Gasteiger partial charge in [0.25, 0.3) is 11.8 Å². The number of aryl methyl sites for hydroxylation is 1. The van der Waals surface area contributed by atoms with E-state index in [4.69, 9.17) is 16.3 Å². The SMILES string of the molecule is Cc1sc(C(=O)Nc2cc(Cl)cc(NS(C)(=O)=O)c2)cc1-c1ncc(N2CC(F)(F)C2)cc1OCc1cc(F)cc(F)c1. The number of rotatable bonds is 9. The third-order valence-corrected chi connectivity index (χ3v) is 8.09. The molecule has 0 bridgehead atoms. The van der Waals surface area contributed by atoms with Gasteiger partial charge in [-0.25, -0.2) is 26.0 Å². The molecule has 0 saturated carbocycles. The number of alkyl halides is 2. The Morgan fingerprint density at radius 1 is 1.07 bits per heavy atom. The van der Waals surface area contributed by atoms with Gasteiger partial charge in [-0.2, -0.15) is 0 Å². The third-order valence-electron chi connectivity index (χ3n) is 6.22. The summed E-state index contributed by atoms with van der Waals surface area (Å²) in [6.45, 7) is 0.532. The minimum absolute atomic E-state index is 0.163. The van der Waals surface area contributed by atoms with Crippen molar-refractivity contribution in [1.82, 2.24) is 4.98 Å². The minimum atomic E-state index is -3.58. The van der Waals surface area contributed by atoms with Crippen molar-refractivity contribution in [3.05, 3.63) is 86.7 Å². The Labute approximate surface area is 253 Å². The predicted molar refractivity (Wildman–Crippen MR) is 158 cm³/mol. The average molecular weight is 655 g/mol. The molecule has 2 aromatic heterocycles. The normalized spacial score (nSPS) is 14.3. The first-order chi connectivity index (χ1) is 20.1. The molecule has 1 aliphatic heterocycles. The number of carbonyl (C=O) groups is 1. The summed E-state index contributed by atoms with van der Waals surface area (Å²) in [5.74, 6) is -4.73. The van der Waals surface area contributed by atoms with Crippen LogP contribution in [0.1, 0.15) is 20.1 Å². The van der Waals surface area contributed by atoms with Crippen LogP contribution in [0.5, 0.6) is 5.75 Å². The van der Waals surface area contributed by atoms with Crippen LogP contribution >= 0.6 is 22.9 Å². The fraction of sp³-hybridized carbons (Fsp3) is 0.214. The summed E-state index contributed by atoms with van der Waals surface area (Å²) in [7, 11) is -3.58. The van der Waals surface area contributed by atoms with Crippen molar-refractivity contribution in [1.29, 1.82) is 0 Å². The summed E-state index contributed by atoms with van der Waals surface area (Å²) < 4.78 is 86.0.